The zero-order chi connectivity index (χ0) is 21.3. The Labute approximate surface area is 174 Å². The molecule has 0 aromatic heterocycles. The Kier molecular flexibility index (Phi) is 5.09. The maximum Gasteiger partial charge on any atom is 0.244 e. The van der Waals surface area contributed by atoms with Gasteiger partial charge < -0.3 is 19.7 Å². The highest BCUT2D eigenvalue weighted by Crippen LogP contribution is 2.43. The van der Waals surface area contributed by atoms with Crippen LogP contribution < -0.4 is 19.7 Å². The number of methoxy groups -OCH3 is 2. The first-order valence-electron chi connectivity index (χ1n) is 9.17. The summed E-state index contributed by atoms with van der Waals surface area (Å²) in [6.45, 7) is -0.0664. The molecule has 0 aliphatic carbocycles. The van der Waals surface area contributed by atoms with E-state index < -0.39 is 9.84 Å². The number of hydrogen-bond donors (Lipinski definition) is 1. The van der Waals surface area contributed by atoms with Crippen LogP contribution in [0, 0.1) is 0 Å². The molecule has 0 atom stereocenters. The van der Waals surface area contributed by atoms with Gasteiger partial charge >= 0.3 is 0 Å². The van der Waals surface area contributed by atoms with Gasteiger partial charge in [0.2, 0.25) is 15.7 Å². The fourth-order valence-electron chi connectivity index (χ4n) is 3.46. The van der Waals surface area contributed by atoms with Crippen LogP contribution >= 0.6 is 0 Å². The van der Waals surface area contributed by atoms with Crippen molar-refractivity contribution in [2.45, 2.75) is 9.79 Å². The van der Waals surface area contributed by atoms with Crippen molar-refractivity contribution in [2.24, 2.45) is 0 Å². The molecule has 1 amide bonds. The summed E-state index contributed by atoms with van der Waals surface area (Å²) in [5.41, 5.74) is 1.45. The van der Waals surface area contributed by atoms with Crippen LogP contribution in [0.15, 0.2) is 76.5 Å². The zero-order valence-corrected chi connectivity index (χ0v) is 17.3. The van der Waals surface area contributed by atoms with Gasteiger partial charge in [-0.3, -0.25) is 4.79 Å². The molecule has 1 heterocycles. The third-order valence-corrected chi connectivity index (χ3v) is 6.68. The lowest BCUT2D eigenvalue weighted by molar-refractivity contribution is -0.114. The summed E-state index contributed by atoms with van der Waals surface area (Å²) in [6, 6.07) is 18.4. The molecular formula is C22H20N2O5S. The Morgan fingerprint density at radius 2 is 1.37 bits per heavy atom. The molecule has 1 N–H and O–H groups in total. The van der Waals surface area contributed by atoms with Crippen LogP contribution in [0.2, 0.25) is 0 Å². The highest BCUT2D eigenvalue weighted by Gasteiger charge is 2.34. The summed E-state index contributed by atoms with van der Waals surface area (Å²) in [6.07, 6.45) is 0. The van der Waals surface area contributed by atoms with Crippen LogP contribution in [0.3, 0.4) is 0 Å². The molecule has 30 heavy (non-hydrogen) atoms. The van der Waals surface area contributed by atoms with Crippen molar-refractivity contribution in [3.8, 4) is 11.5 Å². The summed E-state index contributed by atoms with van der Waals surface area (Å²) in [5, 5.41) is 2.83. The molecule has 4 rings (SSSR count). The van der Waals surface area contributed by atoms with Gasteiger partial charge in [0.05, 0.1) is 35.4 Å². The van der Waals surface area contributed by atoms with Crippen molar-refractivity contribution in [2.75, 3.05) is 31.0 Å². The predicted molar refractivity (Wildman–Crippen MR) is 114 cm³/mol. The number of fused-ring (bicyclic) bond motifs is 2. The third kappa shape index (κ3) is 3.46. The number of nitrogens with one attached hydrogen (secondary N) is 1. The van der Waals surface area contributed by atoms with E-state index >= 15 is 0 Å². The van der Waals surface area contributed by atoms with Crippen LogP contribution in [0.5, 0.6) is 11.5 Å². The molecule has 0 radical (unpaired) electrons. The SMILES string of the molecule is COc1cc(NC(=O)CN2c3ccccc3S(=O)(=O)c3ccccc32)cc(OC)c1. The van der Waals surface area contributed by atoms with Gasteiger partial charge in [0, 0.05) is 23.9 Å². The van der Waals surface area contributed by atoms with Crippen molar-refractivity contribution in [1.29, 1.82) is 0 Å². The molecule has 0 unspecified atom stereocenters. The van der Waals surface area contributed by atoms with E-state index in [0.717, 1.165) is 0 Å². The Morgan fingerprint density at radius 3 is 1.87 bits per heavy atom. The number of benzene rings is 3. The summed E-state index contributed by atoms with van der Waals surface area (Å²) < 4.78 is 36.5. The third-order valence-electron chi connectivity index (χ3n) is 4.83. The number of ether oxygens (including phenoxy) is 2. The van der Waals surface area contributed by atoms with Crippen LogP contribution in [0.25, 0.3) is 0 Å². The van der Waals surface area contributed by atoms with E-state index in [1.165, 1.54) is 14.2 Å². The van der Waals surface area contributed by atoms with E-state index in [2.05, 4.69) is 5.32 Å². The van der Waals surface area contributed by atoms with E-state index in [4.69, 9.17) is 9.47 Å². The Bertz CT molecular complexity index is 1150. The first kappa shape index (κ1) is 19.8. The highest BCUT2D eigenvalue weighted by molar-refractivity contribution is 7.92. The van der Waals surface area contributed by atoms with Crippen LogP contribution in [0.1, 0.15) is 0 Å². The fraction of sp³-hybridized carbons (Fsp3) is 0.136. The number of rotatable bonds is 5. The second-order valence-electron chi connectivity index (χ2n) is 6.67. The normalized spacial score (nSPS) is 13.7. The number of anilines is 3. The molecule has 3 aromatic rings. The number of nitrogens with zero attached hydrogens (tertiary/aromatic N) is 1. The predicted octanol–water partition coefficient (Wildman–Crippen LogP) is 3.63. The van der Waals surface area contributed by atoms with E-state index in [0.29, 0.717) is 28.6 Å². The van der Waals surface area contributed by atoms with E-state index in [1.807, 2.05) is 0 Å². The summed E-state index contributed by atoms with van der Waals surface area (Å²) in [5.74, 6) is 0.781. The second kappa shape index (κ2) is 7.72. The van der Waals surface area contributed by atoms with Gasteiger partial charge in [-0.15, -0.1) is 0 Å². The van der Waals surface area contributed by atoms with Crippen LogP contribution in [-0.2, 0) is 14.6 Å². The summed E-state index contributed by atoms with van der Waals surface area (Å²) >= 11 is 0. The summed E-state index contributed by atoms with van der Waals surface area (Å²) in [4.78, 5) is 14.9. The van der Waals surface area contributed by atoms with Gasteiger partial charge in [-0.05, 0) is 24.3 Å². The Morgan fingerprint density at radius 1 is 0.867 bits per heavy atom. The van der Waals surface area contributed by atoms with E-state index in [-0.39, 0.29) is 22.2 Å². The Balaban J connectivity index is 1.68. The average Bonchev–Trinajstić information content (AvgIpc) is 2.76. The maximum absolute atomic E-state index is 13.0. The minimum absolute atomic E-state index is 0.0664. The molecule has 7 nitrogen and oxygen atoms in total. The molecule has 0 saturated carbocycles. The topological polar surface area (TPSA) is 84.9 Å². The van der Waals surface area contributed by atoms with Gasteiger partial charge in [0.25, 0.3) is 0 Å². The largest absolute Gasteiger partial charge is 0.497 e. The number of para-hydroxylation sites is 2. The molecule has 1 aliphatic heterocycles. The van der Waals surface area contributed by atoms with Crippen LogP contribution in [-0.4, -0.2) is 35.1 Å². The highest BCUT2D eigenvalue weighted by atomic mass is 32.2. The lowest BCUT2D eigenvalue weighted by Crippen LogP contribution is -2.33. The molecule has 0 fully saturated rings. The molecular weight excluding hydrogens is 404 g/mol. The molecule has 154 valence electrons. The number of hydrogen-bond acceptors (Lipinski definition) is 6. The molecule has 8 heteroatoms. The standard InChI is InChI=1S/C22H20N2O5S/c1-28-16-11-15(12-17(13-16)29-2)23-22(25)14-24-18-7-3-5-9-20(18)30(26,27)21-10-6-4-8-19(21)24/h3-13H,14H2,1-2H3,(H,23,25). The molecule has 0 spiro atoms. The Hall–Kier alpha value is -3.52. The minimum atomic E-state index is -3.65. The first-order valence-corrected chi connectivity index (χ1v) is 10.7. The number of carbonyl (C=O) groups excluding carboxylic acids is 1. The van der Waals surface area contributed by atoms with E-state index in [9.17, 15) is 13.2 Å². The van der Waals surface area contributed by atoms with Gasteiger partial charge in [0.1, 0.15) is 18.0 Å². The molecule has 3 aromatic carbocycles. The van der Waals surface area contributed by atoms with Gasteiger partial charge in [-0.25, -0.2) is 8.42 Å². The van der Waals surface area contributed by atoms with Crippen LogP contribution in [0.4, 0.5) is 17.1 Å². The molecule has 0 saturated heterocycles. The van der Waals surface area contributed by atoms with Crippen molar-refractivity contribution in [1.82, 2.24) is 0 Å². The number of amides is 1. The van der Waals surface area contributed by atoms with E-state index in [1.54, 1.807) is 71.6 Å². The quantitative estimate of drug-likeness (QED) is 0.673. The molecule has 1 aliphatic rings. The van der Waals surface area contributed by atoms with Crippen molar-refractivity contribution in [3.05, 3.63) is 66.7 Å². The fourth-order valence-corrected chi connectivity index (χ4v) is 5.12. The lowest BCUT2D eigenvalue weighted by Gasteiger charge is -2.32. The van der Waals surface area contributed by atoms with Gasteiger partial charge in [-0.1, -0.05) is 24.3 Å². The smallest absolute Gasteiger partial charge is 0.244 e. The minimum Gasteiger partial charge on any atom is -0.497 e. The lowest BCUT2D eigenvalue weighted by atomic mass is 10.2. The van der Waals surface area contributed by atoms with Gasteiger partial charge in [0.15, 0.2) is 0 Å². The van der Waals surface area contributed by atoms with Crippen molar-refractivity contribution >= 4 is 32.8 Å². The summed E-state index contributed by atoms with van der Waals surface area (Å²) in [7, 11) is -0.593. The monoisotopic (exact) mass is 424 g/mol. The average molecular weight is 424 g/mol. The first-order chi connectivity index (χ1) is 14.4. The van der Waals surface area contributed by atoms with Crippen molar-refractivity contribution in [3.63, 3.8) is 0 Å². The number of sulfone groups is 1. The van der Waals surface area contributed by atoms with Gasteiger partial charge in [-0.2, -0.15) is 0 Å². The maximum atomic E-state index is 13.0. The number of carbonyl (C=O) groups is 1. The zero-order valence-electron chi connectivity index (χ0n) is 16.5. The van der Waals surface area contributed by atoms with Crippen molar-refractivity contribution < 1.29 is 22.7 Å². The second-order valence-corrected chi connectivity index (χ2v) is 8.56. The molecule has 0 bridgehead atoms.